The van der Waals surface area contributed by atoms with E-state index >= 15 is 0 Å². The summed E-state index contributed by atoms with van der Waals surface area (Å²) in [6.07, 6.45) is 4.65. The molecule has 0 N–H and O–H groups in total. The van der Waals surface area contributed by atoms with Crippen LogP contribution in [0.5, 0.6) is 5.88 Å². The summed E-state index contributed by atoms with van der Waals surface area (Å²) in [7, 11) is 1.86. The zero-order valence-electron chi connectivity index (χ0n) is 16.5. The predicted octanol–water partition coefficient (Wildman–Crippen LogP) is 2.26. The van der Waals surface area contributed by atoms with Crippen molar-refractivity contribution in [1.29, 1.82) is 0 Å². The van der Waals surface area contributed by atoms with Crippen molar-refractivity contribution in [3.63, 3.8) is 0 Å². The lowest BCUT2D eigenvalue weighted by molar-refractivity contribution is 0.0766. The molecule has 1 unspecified atom stereocenters. The molecule has 2 saturated heterocycles. The molecule has 1 aromatic carbocycles. The minimum Gasteiger partial charge on any atom is -0.472 e. The SMILES string of the molecule is Cn1nc(C(=O)N2CCC(Oc3cc(N4CCCC4)ncn3)C2)c2ccccc21. The van der Waals surface area contributed by atoms with Crippen LogP contribution < -0.4 is 9.64 Å². The molecule has 0 radical (unpaired) electrons. The molecule has 3 aromatic rings. The number of carbonyl (C=O) groups is 1. The van der Waals surface area contributed by atoms with E-state index in [1.54, 1.807) is 11.0 Å². The number of nitrogens with zero attached hydrogens (tertiary/aromatic N) is 6. The summed E-state index contributed by atoms with van der Waals surface area (Å²) in [6, 6.07) is 9.71. The molecule has 2 aromatic heterocycles. The van der Waals surface area contributed by atoms with Crippen LogP contribution in [0.15, 0.2) is 36.7 Å². The first-order valence-electron chi connectivity index (χ1n) is 10.1. The van der Waals surface area contributed by atoms with E-state index in [4.69, 9.17) is 4.74 Å². The molecule has 2 aliphatic rings. The Hall–Kier alpha value is -3.16. The van der Waals surface area contributed by atoms with Gasteiger partial charge in [-0.15, -0.1) is 0 Å². The van der Waals surface area contributed by atoms with E-state index in [1.807, 2.05) is 42.3 Å². The Morgan fingerprint density at radius 1 is 1.14 bits per heavy atom. The van der Waals surface area contributed by atoms with Crippen molar-refractivity contribution >= 4 is 22.6 Å². The first-order chi connectivity index (χ1) is 14.2. The van der Waals surface area contributed by atoms with E-state index in [-0.39, 0.29) is 12.0 Å². The third kappa shape index (κ3) is 3.39. The molecule has 0 bridgehead atoms. The third-order valence-corrected chi connectivity index (χ3v) is 5.74. The predicted molar refractivity (Wildman–Crippen MR) is 109 cm³/mol. The summed E-state index contributed by atoms with van der Waals surface area (Å²) in [5.74, 6) is 1.44. The van der Waals surface area contributed by atoms with Crippen LogP contribution in [0, 0.1) is 0 Å². The molecular weight excluding hydrogens is 368 g/mol. The highest BCUT2D eigenvalue weighted by atomic mass is 16.5. The second kappa shape index (κ2) is 7.35. The van der Waals surface area contributed by atoms with Gasteiger partial charge in [0.05, 0.1) is 12.1 Å². The van der Waals surface area contributed by atoms with Gasteiger partial charge in [0.25, 0.3) is 5.91 Å². The highest BCUT2D eigenvalue weighted by molar-refractivity contribution is 6.04. The zero-order chi connectivity index (χ0) is 19.8. The van der Waals surface area contributed by atoms with Crippen molar-refractivity contribution in [2.45, 2.75) is 25.4 Å². The van der Waals surface area contributed by atoms with Crippen LogP contribution in [-0.2, 0) is 7.05 Å². The van der Waals surface area contributed by atoms with Crippen LogP contribution in [0.4, 0.5) is 5.82 Å². The van der Waals surface area contributed by atoms with E-state index in [1.165, 1.54) is 12.8 Å². The lowest BCUT2D eigenvalue weighted by atomic mass is 10.2. The Balaban J connectivity index is 1.28. The molecule has 1 amide bonds. The van der Waals surface area contributed by atoms with Crippen LogP contribution in [0.2, 0.25) is 0 Å². The molecule has 8 nitrogen and oxygen atoms in total. The van der Waals surface area contributed by atoms with Crippen LogP contribution >= 0.6 is 0 Å². The molecule has 0 saturated carbocycles. The minimum absolute atomic E-state index is 0.0478. The maximum absolute atomic E-state index is 13.1. The number of aryl methyl sites for hydroxylation is 1. The quantitative estimate of drug-likeness (QED) is 0.678. The van der Waals surface area contributed by atoms with E-state index in [0.29, 0.717) is 24.7 Å². The van der Waals surface area contributed by atoms with Crippen molar-refractivity contribution in [3.05, 3.63) is 42.4 Å². The van der Waals surface area contributed by atoms with Gasteiger partial charge in [-0.3, -0.25) is 9.48 Å². The molecule has 0 spiro atoms. The number of para-hydroxylation sites is 1. The summed E-state index contributed by atoms with van der Waals surface area (Å²) in [6.45, 7) is 3.24. The van der Waals surface area contributed by atoms with Crippen LogP contribution in [0.3, 0.4) is 0 Å². The van der Waals surface area contributed by atoms with Crippen molar-refractivity contribution in [2.24, 2.45) is 7.05 Å². The fourth-order valence-corrected chi connectivity index (χ4v) is 4.21. The van der Waals surface area contributed by atoms with Crippen LogP contribution in [-0.4, -0.2) is 62.8 Å². The van der Waals surface area contributed by atoms with Gasteiger partial charge in [0.2, 0.25) is 5.88 Å². The Morgan fingerprint density at radius 3 is 2.83 bits per heavy atom. The number of hydrogen-bond acceptors (Lipinski definition) is 6. The van der Waals surface area contributed by atoms with Crippen LogP contribution in [0.25, 0.3) is 10.9 Å². The average Bonchev–Trinajstić information content (AvgIpc) is 3.49. The number of aromatic nitrogens is 4. The topological polar surface area (TPSA) is 76.4 Å². The maximum Gasteiger partial charge on any atom is 0.275 e. The number of amides is 1. The molecule has 4 heterocycles. The fraction of sp³-hybridized carbons (Fsp3) is 0.429. The van der Waals surface area contributed by atoms with Gasteiger partial charge in [-0.2, -0.15) is 5.10 Å². The van der Waals surface area contributed by atoms with E-state index in [9.17, 15) is 4.79 Å². The Kier molecular flexibility index (Phi) is 4.54. The first-order valence-corrected chi connectivity index (χ1v) is 10.1. The summed E-state index contributed by atoms with van der Waals surface area (Å²) >= 11 is 0. The van der Waals surface area contributed by atoms with Gasteiger partial charge in [0.1, 0.15) is 18.2 Å². The second-order valence-electron chi connectivity index (χ2n) is 7.68. The molecule has 8 heteroatoms. The van der Waals surface area contributed by atoms with Crippen molar-refractivity contribution in [1.82, 2.24) is 24.6 Å². The molecule has 1 atom stereocenters. The molecule has 5 rings (SSSR count). The minimum atomic E-state index is -0.0738. The molecule has 2 fully saturated rings. The molecule has 150 valence electrons. The summed E-state index contributed by atoms with van der Waals surface area (Å²) < 4.78 is 7.84. The van der Waals surface area contributed by atoms with Crippen molar-refractivity contribution in [3.8, 4) is 5.88 Å². The standard InChI is InChI=1S/C21H24N6O2/c1-25-17-7-3-2-6-16(17)20(24-25)21(28)27-11-8-15(13-27)29-19-12-18(22-14-23-19)26-9-4-5-10-26/h2-3,6-7,12,14-15H,4-5,8-11,13H2,1H3. The third-order valence-electron chi connectivity index (χ3n) is 5.74. The molecule has 2 aliphatic heterocycles. The Morgan fingerprint density at radius 2 is 1.97 bits per heavy atom. The monoisotopic (exact) mass is 392 g/mol. The lowest BCUT2D eigenvalue weighted by Gasteiger charge is -2.18. The Bertz CT molecular complexity index is 1040. The molecule has 0 aliphatic carbocycles. The van der Waals surface area contributed by atoms with Gasteiger partial charge >= 0.3 is 0 Å². The summed E-state index contributed by atoms with van der Waals surface area (Å²) in [4.78, 5) is 25.8. The number of hydrogen-bond donors (Lipinski definition) is 0. The van der Waals surface area contributed by atoms with E-state index in [0.717, 1.165) is 36.2 Å². The maximum atomic E-state index is 13.1. The number of likely N-dealkylation sites (tertiary alicyclic amines) is 1. The smallest absolute Gasteiger partial charge is 0.275 e. The van der Waals surface area contributed by atoms with Gasteiger partial charge < -0.3 is 14.5 Å². The van der Waals surface area contributed by atoms with Crippen molar-refractivity contribution in [2.75, 3.05) is 31.1 Å². The largest absolute Gasteiger partial charge is 0.472 e. The number of rotatable bonds is 4. The Labute approximate surface area is 169 Å². The number of fused-ring (bicyclic) bond motifs is 1. The number of benzene rings is 1. The summed E-state index contributed by atoms with van der Waals surface area (Å²) in [5.41, 5.74) is 1.46. The average molecular weight is 392 g/mol. The highest BCUT2D eigenvalue weighted by Gasteiger charge is 2.31. The highest BCUT2D eigenvalue weighted by Crippen LogP contribution is 2.24. The number of anilines is 1. The van der Waals surface area contributed by atoms with Crippen molar-refractivity contribution < 1.29 is 9.53 Å². The number of carbonyl (C=O) groups excluding carboxylic acids is 1. The van der Waals surface area contributed by atoms with Gasteiger partial charge in [0.15, 0.2) is 5.69 Å². The normalized spacial score (nSPS) is 19.3. The van der Waals surface area contributed by atoms with Gasteiger partial charge in [0, 0.05) is 44.6 Å². The fourth-order valence-electron chi connectivity index (χ4n) is 4.21. The molecule has 29 heavy (non-hydrogen) atoms. The number of ether oxygens (including phenoxy) is 1. The van der Waals surface area contributed by atoms with E-state index < -0.39 is 0 Å². The molecular formula is C21H24N6O2. The van der Waals surface area contributed by atoms with Gasteiger partial charge in [-0.25, -0.2) is 9.97 Å². The van der Waals surface area contributed by atoms with Gasteiger partial charge in [-0.1, -0.05) is 18.2 Å². The first kappa shape index (κ1) is 17.9. The van der Waals surface area contributed by atoms with Crippen LogP contribution in [0.1, 0.15) is 29.8 Å². The second-order valence-corrected chi connectivity index (χ2v) is 7.68. The summed E-state index contributed by atoms with van der Waals surface area (Å²) in [5, 5.41) is 5.34. The van der Waals surface area contributed by atoms with Gasteiger partial charge in [-0.05, 0) is 18.9 Å². The zero-order valence-corrected chi connectivity index (χ0v) is 16.5. The van der Waals surface area contributed by atoms with E-state index in [2.05, 4.69) is 20.0 Å². The lowest BCUT2D eigenvalue weighted by Crippen LogP contribution is -2.31.